The molecule has 2 N–H and O–H groups in total. The minimum absolute atomic E-state index is 0.00382. The first kappa shape index (κ1) is 19.2. The molecular weight excluding hydrogens is 374 g/mol. The third-order valence-electron chi connectivity index (χ3n) is 4.00. The average molecular weight is 395 g/mol. The summed E-state index contributed by atoms with van der Waals surface area (Å²) in [6.45, 7) is 4.68. The Labute approximate surface area is 157 Å². The van der Waals surface area contributed by atoms with Gasteiger partial charge in [0.05, 0.1) is 36.2 Å². The van der Waals surface area contributed by atoms with Crippen LogP contribution in [0.1, 0.15) is 36.7 Å². The molecule has 0 saturated carbocycles. The van der Waals surface area contributed by atoms with Gasteiger partial charge < -0.3 is 14.6 Å². The number of rotatable bonds is 7. The number of aromatic carboxylic acids is 1. The summed E-state index contributed by atoms with van der Waals surface area (Å²) in [7, 11) is -3.97. The number of anilines is 1. The number of sulfonamides is 1. The molecule has 27 heavy (non-hydrogen) atoms. The maximum atomic E-state index is 12.8. The van der Waals surface area contributed by atoms with Crippen LogP contribution < -0.4 is 9.46 Å². The fourth-order valence-electron chi connectivity index (χ4n) is 2.69. The van der Waals surface area contributed by atoms with Gasteiger partial charge in [0.2, 0.25) is 0 Å². The van der Waals surface area contributed by atoms with Crippen LogP contribution in [-0.4, -0.2) is 48.6 Å². The van der Waals surface area contributed by atoms with Crippen LogP contribution >= 0.6 is 0 Å². The zero-order valence-corrected chi connectivity index (χ0v) is 15.8. The number of nitrogens with one attached hydrogen (secondary N) is 1. The van der Waals surface area contributed by atoms with Crippen molar-refractivity contribution in [2.75, 3.05) is 17.9 Å². The average Bonchev–Trinajstić information content (AvgIpc) is 3.27. The highest BCUT2D eigenvalue weighted by Gasteiger charge is 2.24. The van der Waals surface area contributed by atoms with Crippen LogP contribution in [0, 0.1) is 0 Å². The summed E-state index contributed by atoms with van der Waals surface area (Å²) in [5.74, 6) is -0.921. The van der Waals surface area contributed by atoms with E-state index in [0.717, 1.165) is 6.42 Å². The third-order valence-corrected chi connectivity index (χ3v) is 5.32. The number of ether oxygens (including phenoxy) is 2. The summed E-state index contributed by atoms with van der Waals surface area (Å²) in [6.07, 6.45) is 3.24. The monoisotopic (exact) mass is 395 g/mol. The van der Waals surface area contributed by atoms with E-state index in [9.17, 15) is 18.3 Å². The standard InChI is InChI=1S/C17H21N3O6S/c1-11(2)26-16-4-3-12(17(21)22)7-15(16)19-27(23,24)14-8-18-20(9-14)13-5-6-25-10-13/h3-4,7-9,11,13,19H,5-6,10H2,1-2H3,(H,21,22). The van der Waals surface area contributed by atoms with Crippen LogP contribution in [0.3, 0.4) is 0 Å². The summed E-state index contributed by atoms with van der Waals surface area (Å²) in [4.78, 5) is 11.2. The van der Waals surface area contributed by atoms with Crippen molar-refractivity contribution in [1.82, 2.24) is 9.78 Å². The molecule has 0 spiro atoms. The van der Waals surface area contributed by atoms with E-state index < -0.39 is 16.0 Å². The van der Waals surface area contributed by atoms with Crippen molar-refractivity contribution < 1.29 is 27.8 Å². The van der Waals surface area contributed by atoms with E-state index in [1.165, 1.54) is 30.6 Å². The van der Waals surface area contributed by atoms with Gasteiger partial charge in [-0.3, -0.25) is 9.40 Å². The molecule has 146 valence electrons. The van der Waals surface area contributed by atoms with Crippen molar-refractivity contribution in [3.05, 3.63) is 36.2 Å². The van der Waals surface area contributed by atoms with E-state index >= 15 is 0 Å². The van der Waals surface area contributed by atoms with E-state index in [-0.39, 0.29) is 34.0 Å². The van der Waals surface area contributed by atoms with Crippen LogP contribution in [0.2, 0.25) is 0 Å². The lowest BCUT2D eigenvalue weighted by Crippen LogP contribution is -2.16. The third kappa shape index (κ3) is 4.40. The number of nitrogens with zero attached hydrogens (tertiary/aromatic N) is 2. The van der Waals surface area contributed by atoms with Crippen molar-refractivity contribution in [2.45, 2.75) is 37.3 Å². The van der Waals surface area contributed by atoms with Gasteiger partial charge in [-0.2, -0.15) is 5.10 Å². The second-order valence-corrected chi connectivity index (χ2v) is 8.14. The van der Waals surface area contributed by atoms with Gasteiger partial charge in [0.25, 0.3) is 10.0 Å². The molecule has 1 aromatic carbocycles. The van der Waals surface area contributed by atoms with Gasteiger partial charge in [0.1, 0.15) is 10.6 Å². The summed E-state index contributed by atoms with van der Waals surface area (Å²) >= 11 is 0. The van der Waals surface area contributed by atoms with Crippen LogP contribution in [-0.2, 0) is 14.8 Å². The molecule has 2 aromatic rings. The fraction of sp³-hybridized carbons (Fsp3) is 0.412. The largest absolute Gasteiger partial charge is 0.489 e. The Hall–Kier alpha value is -2.59. The lowest BCUT2D eigenvalue weighted by molar-refractivity contribution is 0.0697. The van der Waals surface area contributed by atoms with Gasteiger partial charge in [-0.05, 0) is 38.5 Å². The molecule has 0 amide bonds. The fourth-order valence-corrected chi connectivity index (χ4v) is 3.69. The van der Waals surface area contributed by atoms with Crippen molar-refractivity contribution >= 4 is 21.7 Å². The Bertz CT molecular complexity index is 932. The maximum absolute atomic E-state index is 12.8. The van der Waals surface area contributed by atoms with Crippen LogP contribution in [0.25, 0.3) is 0 Å². The van der Waals surface area contributed by atoms with Crippen LogP contribution in [0.5, 0.6) is 5.75 Å². The van der Waals surface area contributed by atoms with Gasteiger partial charge in [0.15, 0.2) is 0 Å². The summed E-state index contributed by atoms with van der Waals surface area (Å²) in [5.41, 5.74) is 0.00292. The highest BCUT2D eigenvalue weighted by Crippen LogP contribution is 2.29. The molecular formula is C17H21N3O6S. The Morgan fingerprint density at radius 2 is 2.22 bits per heavy atom. The van der Waals surface area contributed by atoms with Gasteiger partial charge in [-0.1, -0.05) is 0 Å². The van der Waals surface area contributed by atoms with E-state index in [1.807, 2.05) is 0 Å². The van der Waals surface area contributed by atoms with Gasteiger partial charge in [0, 0.05) is 12.8 Å². The Balaban J connectivity index is 1.90. The zero-order valence-electron chi connectivity index (χ0n) is 15.0. The molecule has 1 aliphatic rings. The number of carbonyl (C=O) groups is 1. The smallest absolute Gasteiger partial charge is 0.335 e. The molecule has 1 unspecified atom stereocenters. The highest BCUT2D eigenvalue weighted by atomic mass is 32.2. The molecule has 0 radical (unpaired) electrons. The lowest BCUT2D eigenvalue weighted by Gasteiger charge is -2.16. The molecule has 2 heterocycles. The SMILES string of the molecule is CC(C)Oc1ccc(C(=O)O)cc1NS(=O)(=O)c1cnn(C2CCOC2)c1. The number of carboxylic acids is 1. The molecule has 1 fully saturated rings. The molecule has 1 atom stereocenters. The summed E-state index contributed by atoms with van der Waals surface area (Å²) in [6, 6.07) is 4.02. The quantitative estimate of drug-likeness (QED) is 0.737. The predicted octanol–water partition coefficient (Wildman–Crippen LogP) is 2.13. The number of aromatic nitrogens is 2. The Kier molecular flexibility index (Phi) is 5.38. The van der Waals surface area contributed by atoms with E-state index in [4.69, 9.17) is 9.47 Å². The van der Waals surface area contributed by atoms with Crippen molar-refractivity contribution in [2.24, 2.45) is 0 Å². The second-order valence-electron chi connectivity index (χ2n) is 6.46. The van der Waals surface area contributed by atoms with Gasteiger partial charge in [-0.25, -0.2) is 13.2 Å². The number of hydrogen-bond acceptors (Lipinski definition) is 6. The minimum Gasteiger partial charge on any atom is -0.489 e. The molecule has 0 aliphatic carbocycles. The molecule has 9 nitrogen and oxygen atoms in total. The lowest BCUT2D eigenvalue weighted by atomic mass is 10.2. The normalized spacial score (nSPS) is 17.2. The first-order valence-electron chi connectivity index (χ1n) is 8.45. The van der Waals surface area contributed by atoms with Crippen LogP contribution in [0.4, 0.5) is 5.69 Å². The predicted molar refractivity (Wildman–Crippen MR) is 96.7 cm³/mol. The highest BCUT2D eigenvalue weighted by molar-refractivity contribution is 7.92. The van der Waals surface area contributed by atoms with Gasteiger partial charge in [-0.15, -0.1) is 0 Å². The maximum Gasteiger partial charge on any atom is 0.335 e. The molecule has 0 bridgehead atoms. The zero-order chi connectivity index (χ0) is 19.6. The molecule has 1 saturated heterocycles. The van der Waals surface area contributed by atoms with Crippen molar-refractivity contribution in [3.8, 4) is 5.75 Å². The summed E-state index contributed by atoms with van der Waals surface area (Å²) in [5, 5.41) is 13.3. The first-order chi connectivity index (χ1) is 12.8. The minimum atomic E-state index is -3.97. The second kappa shape index (κ2) is 7.57. The van der Waals surface area contributed by atoms with Gasteiger partial charge >= 0.3 is 5.97 Å². The van der Waals surface area contributed by atoms with Crippen LogP contribution in [0.15, 0.2) is 35.5 Å². The van der Waals surface area contributed by atoms with Crippen molar-refractivity contribution in [1.29, 1.82) is 0 Å². The number of benzene rings is 1. The number of carboxylic acid groups (broad SMARTS) is 1. The Morgan fingerprint density at radius 3 is 2.85 bits per heavy atom. The molecule has 1 aromatic heterocycles. The molecule has 10 heteroatoms. The van der Waals surface area contributed by atoms with Crippen molar-refractivity contribution in [3.63, 3.8) is 0 Å². The van der Waals surface area contributed by atoms with E-state index in [1.54, 1.807) is 18.5 Å². The summed E-state index contributed by atoms with van der Waals surface area (Å²) < 4.78 is 40.4. The number of hydrogen-bond donors (Lipinski definition) is 2. The van der Waals surface area contributed by atoms with E-state index in [0.29, 0.717) is 13.2 Å². The molecule has 3 rings (SSSR count). The first-order valence-corrected chi connectivity index (χ1v) is 9.93. The molecule has 1 aliphatic heterocycles. The van der Waals surface area contributed by atoms with E-state index in [2.05, 4.69) is 9.82 Å². The topological polar surface area (TPSA) is 120 Å². The Morgan fingerprint density at radius 1 is 1.44 bits per heavy atom.